The molecule has 1 aromatic carbocycles. The van der Waals surface area contributed by atoms with Crippen LogP contribution in [0.15, 0.2) is 53.4 Å². The smallest absolute Gasteiger partial charge is 0.0484 e. The zero-order chi connectivity index (χ0) is 10.1. The van der Waals surface area contributed by atoms with Crippen LogP contribution in [0.2, 0.25) is 0 Å². The normalized spacial score (nSPS) is 10.9. The monoisotopic (exact) mass is 213 g/mol. The summed E-state index contributed by atoms with van der Waals surface area (Å²) in [6.07, 6.45) is 2.16. The highest BCUT2D eigenvalue weighted by molar-refractivity contribution is 7.07. The lowest BCUT2D eigenvalue weighted by molar-refractivity contribution is 0.840. The van der Waals surface area contributed by atoms with E-state index in [0.29, 0.717) is 0 Å². The van der Waals surface area contributed by atoms with Gasteiger partial charge in [0.05, 0.1) is 0 Å². The molecular weight excluding hydrogens is 202 g/mol. The summed E-state index contributed by atoms with van der Waals surface area (Å²) in [5.41, 5.74) is 2.69. The van der Waals surface area contributed by atoms with Gasteiger partial charge >= 0.3 is 0 Å². The van der Waals surface area contributed by atoms with Crippen molar-refractivity contribution in [3.8, 4) is 0 Å². The summed E-state index contributed by atoms with van der Waals surface area (Å²) in [5, 5.41) is 5.64. The molecule has 2 heteroatoms. The van der Waals surface area contributed by atoms with Gasteiger partial charge in [-0.25, -0.2) is 0 Å². The van der Waals surface area contributed by atoms with Gasteiger partial charge in [0.25, 0.3) is 0 Å². The third-order valence-electron chi connectivity index (χ3n) is 2.61. The van der Waals surface area contributed by atoms with E-state index in [9.17, 15) is 0 Å². The second-order valence-corrected chi connectivity index (χ2v) is 4.41. The summed E-state index contributed by atoms with van der Waals surface area (Å²) < 4.78 is 2.29. The molecular formula is C13H11NS. The molecule has 0 unspecified atom stereocenters. The van der Waals surface area contributed by atoms with Crippen LogP contribution in [-0.2, 0) is 6.54 Å². The van der Waals surface area contributed by atoms with E-state index in [1.807, 2.05) is 0 Å². The van der Waals surface area contributed by atoms with E-state index < -0.39 is 0 Å². The molecule has 74 valence electrons. The number of hydrogen-bond acceptors (Lipinski definition) is 1. The Kier molecular flexibility index (Phi) is 2.07. The first-order valence-electron chi connectivity index (χ1n) is 4.98. The van der Waals surface area contributed by atoms with E-state index in [2.05, 4.69) is 57.9 Å². The first kappa shape index (κ1) is 8.74. The lowest BCUT2D eigenvalue weighted by atomic mass is 10.2. The van der Waals surface area contributed by atoms with Crippen LogP contribution >= 0.6 is 11.3 Å². The zero-order valence-electron chi connectivity index (χ0n) is 8.26. The molecule has 0 saturated heterocycles. The Morgan fingerprint density at radius 2 is 2.00 bits per heavy atom. The molecule has 1 nitrogen and oxygen atoms in total. The number of nitrogens with zero attached hydrogens (tertiary/aromatic N) is 1. The van der Waals surface area contributed by atoms with E-state index in [1.54, 1.807) is 11.3 Å². The molecule has 0 aliphatic heterocycles. The Morgan fingerprint density at radius 3 is 2.87 bits per heavy atom. The van der Waals surface area contributed by atoms with E-state index in [1.165, 1.54) is 16.5 Å². The Hall–Kier alpha value is -1.54. The van der Waals surface area contributed by atoms with Crippen LogP contribution in [-0.4, -0.2) is 4.57 Å². The predicted octanol–water partition coefficient (Wildman–Crippen LogP) is 3.75. The minimum atomic E-state index is 0.969. The Morgan fingerprint density at radius 1 is 1.07 bits per heavy atom. The maximum atomic E-state index is 2.29. The maximum absolute atomic E-state index is 2.29. The molecule has 2 aromatic heterocycles. The molecule has 0 aliphatic rings. The molecule has 0 amide bonds. The molecule has 0 atom stereocenters. The number of aromatic nitrogens is 1. The number of benzene rings is 1. The van der Waals surface area contributed by atoms with Crippen molar-refractivity contribution >= 4 is 22.2 Å². The summed E-state index contributed by atoms with van der Waals surface area (Å²) in [6.45, 7) is 0.969. The van der Waals surface area contributed by atoms with Crippen LogP contribution in [0, 0.1) is 0 Å². The van der Waals surface area contributed by atoms with Crippen molar-refractivity contribution in [2.45, 2.75) is 6.54 Å². The Balaban J connectivity index is 2.05. The number of para-hydroxylation sites is 1. The first-order valence-corrected chi connectivity index (χ1v) is 5.93. The summed E-state index contributed by atoms with van der Waals surface area (Å²) in [6, 6.07) is 12.8. The van der Waals surface area contributed by atoms with E-state index >= 15 is 0 Å². The summed E-state index contributed by atoms with van der Waals surface area (Å²) in [7, 11) is 0. The van der Waals surface area contributed by atoms with Gasteiger partial charge in [-0.2, -0.15) is 11.3 Å². The molecule has 0 saturated carbocycles. The van der Waals surface area contributed by atoms with Crippen molar-refractivity contribution in [3.05, 3.63) is 58.9 Å². The second kappa shape index (κ2) is 3.55. The van der Waals surface area contributed by atoms with Gasteiger partial charge in [0.1, 0.15) is 0 Å². The van der Waals surface area contributed by atoms with Gasteiger partial charge in [0.2, 0.25) is 0 Å². The zero-order valence-corrected chi connectivity index (χ0v) is 9.08. The minimum absolute atomic E-state index is 0.969. The Labute approximate surface area is 92.6 Å². The van der Waals surface area contributed by atoms with Gasteiger partial charge in [0.15, 0.2) is 0 Å². The fourth-order valence-electron chi connectivity index (χ4n) is 1.86. The maximum Gasteiger partial charge on any atom is 0.0484 e. The average Bonchev–Trinajstić information content (AvgIpc) is 2.89. The SMILES string of the molecule is c1ccc2c(c1)ccn2Cc1ccsc1. The van der Waals surface area contributed by atoms with Crippen molar-refractivity contribution in [1.29, 1.82) is 0 Å². The molecule has 0 N–H and O–H groups in total. The fraction of sp³-hybridized carbons (Fsp3) is 0.0769. The number of hydrogen-bond donors (Lipinski definition) is 0. The average molecular weight is 213 g/mol. The van der Waals surface area contributed by atoms with Crippen molar-refractivity contribution in [2.75, 3.05) is 0 Å². The molecule has 0 bridgehead atoms. The minimum Gasteiger partial charge on any atom is -0.343 e. The van der Waals surface area contributed by atoms with Gasteiger partial charge in [-0.1, -0.05) is 18.2 Å². The van der Waals surface area contributed by atoms with Gasteiger partial charge in [0, 0.05) is 18.3 Å². The third kappa shape index (κ3) is 1.57. The third-order valence-corrected chi connectivity index (χ3v) is 3.35. The first-order chi connectivity index (χ1) is 7.43. The van der Waals surface area contributed by atoms with Gasteiger partial charge in [-0.05, 0) is 39.9 Å². The second-order valence-electron chi connectivity index (χ2n) is 3.63. The Bertz CT molecular complexity index is 563. The highest BCUT2D eigenvalue weighted by atomic mass is 32.1. The molecule has 0 radical (unpaired) electrons. The van der Waals surface area contributed by atoms with Crippen LogP contribution in [0.4, 0.5) is 0 Å². The van der Waals surface area contributed by atoms with Crippen molar-refractivity contribution in [3.63, 3.8) is 0 Å². The predicted molar refractivity (Wildman–Crippen MR) is 65.4 cm³/mol. The molecule has 3 aromatic rings. The van der Waals surface area contributed by atoms with Gasteiger partial charge < -0.3 is 4.57 Å². The lowest BCUT2D eigenvalue weighted by Gasteiger charge is -2.02. The summed E-state index contributed by atoms with van der Waals surface area (Å²) >= 11 is 1.75. The van der Waals surface area contributed by atoms with Crippen molar-refractivity contribution in [1.82, 2.24) is 4.57 Å². The highest BCUT2D eigenvalue weighted by Crippen LogP contribution is 2.17. The molecule has 2 heterocycles. The number of thiophene rings is 1. The number of rotatable bonds is 2. The number of fused-ring (bicyclic) bond motifs is 1. The van der Waals surface area contributed by atoms with Gasteiger partial charge in [-0.15, -0.1) is 0 Å². The molecule has 0 spiro atoms. The fourth-order valence-corrected chi connectivity index (χ4v) is 2.52. The molecule has 0 fully saturated rings. The lowest BCUT2D eigenvalue weighted by Crippen LogP contribution is -1.95. The van der Waals surface area contributed by atoms with Gasteiger partial charge in [-0.3, -0.25) is 0 Å². The van der Waals surface area contributed by atoms with E-state index in [-0.39, 0.29) is 0 Å². The standard InChI is InChI=1S/C13H11NS/c1-2-4-13-12(3-1)5-7-14(13)9-11-6-8-15-10-11/h1-8,10H,9H2. The van der Waals surface area contributed by atoms with Crippen LogP contribution in [0.3, 0.4) is 0 Å². The van der Waals surface area contributed by atoms with Crippen molar-refractivity contribution in [2.24, 2.45) is 0 Å². The van der Waals surface area contributed by atoms with Crippen LogP contribution < -0.4 is 0 Å². The van der Waals surface area contributed by atoms with Crippen LogP contribution in [0.25, 0.3) is 10.9 Å². The molecule has 15 heavy (non-hydrogen) atoms. The van der Waals surface area contributed by atoms with E-state index in [4.69, 9.17) is 0 Å². The topological polar surface area (TPSA) is 4.93 Å². The highest BCUT2D eigenvalue weighted by Gasteiger charge is 2.00. The van der Waals surface area contributed by atoms with Crippen molar-refractivity contribution < 1.29 is 0 Å². The van der Waals surface area contributed by atoms with Crippen LogP contribution in [0.1, 0.15) is 5.56 Å². The van der Waals surface area contributed by atoms with Crippen LogP contribution in [0.5, 0.6) is 0 Å². The molecule has 0 aliphatic carbocycles. The molecule has 3 rings (SSSR count). The largest absolute Gasteiger partial charge is 0.343 e. The summed E-state index contributed by atoms with van der Waals surface area (Å²) in [4.78, 5) is 0. The van der Waals surface area contributed by atoms with E-state index in [0.717, 1.165) is 6.54 Å². The quantitative estimate of drug-likeness (QED) is 0.611. The summed E-state index contributed by atoms with van der Waals surface area (Å²) in [5.74, 6) is 0.